The highest BCUT2D eigenvalue weighted by Gasteiger charge is 2.52. The van der Waals surface area contributed by atoms with Crippen LogP contribution in [-0.4, -0.2) is 46.1 Å². The van der Waals surface area contributed by atoms with Gasteiger partial charge in [0.1, 0.15) is 12.0 Å². The van der Waals surface area contributed by atoms with Crippen molar-refractivity contribution < 1.29 is 9.59 Å². The number of nitrogens with zero attached hydrogens (tertiary/aromatic N) is 4. The molecule has 27 heavy (non-hydrogen) atoms. The molecule has 3 unspecified atom stereocenters. The number of amides is 2. The van der Waals surface area contributed by atoms with E-state index in [1.807, 2.05) is 0 Å². The van der Waals surface area contributed by atoms with Gasteiger partial charge in [-0.25, -0.2) is 15.8 Å². The van der Waals surface area contributed by atoms with E-state index in [4.69, 9.17) is 5.84 Å². The van der Waals surface area contributed by atoms with E-state index in [0.717, 1.165) is 25.0 Å². The Balaban J connectivity index is 1.45. The van der Waals surface area contributed by atoms with Crippen LogP contribution in [-0.2, 0) is 0 Å². The Labute approximate surface area is 156 Å². The van der Waals surface area contributed by atoms with Gasteiger partial charge in [-0.3, -0.25) is 19.5 Å². The number of nitrogens with one attached hydrogen (secondary N) is 1. The first-order chi connectivity index (χ1) is 13.1. The number of hydrogen-bond donors (Lipinski definition) is 2. The van der Waals surface area contributed by atoms with E-state index in [1.54, 1.807) is 48.2 Å². The van der Waals surface area contributed by atoms with Gasteiger partial charge in [-0.1, -0.05) is 18.6 Å². The highest BCUT2D eigenvalue weighted by atomic mass is 16.2. The van der Waals surface area contributed by atoms with Crippen molar-refractivity contribution in [2.24, 2.45) is 21.7 Å². The zero-order valence-electron chi connectivity index (χ0n) is 14.7. The summed E-state index contributed by atoms with van der Waals surface area (Å²) in [6, 6.07) is 6.88. The summed E-state index contributed by atoms with van der Waals surface area (Å²) in [6.45, 7) is 0. The average molecular weight is 364 g/mol. The molecule has 8 nitrogen and oxygen atoms in total. The molecule has 0 aromatic heterocycles. The van der Waals surface area contributed by atoms with Gasteiger partial charge < -0.3 is 5.32 Å². The van der Waals surface area contributed by atoms with Gasteiger partial charge in [-0.05, 0) is 31.4 Å². The zero-order valence-corrected chi connectivity index (χ0v) is 14.7. The molecule has 0 radical (unpaired) electrons. The summed E-state index contributed by atoms with van der Waals surface area (Å²) in [5.41, 5.74) is 1.09. The molecule has 5 rings (SSSR count). The third kappa shape index (κ3) is 2.13. The number of hydrazine groups is 1. The largest absolute Gasteiger partial charge is 0.347 e. The van der Waals surface area contributed by atoms with Crippen LogP contribution in [0.25, 0.3) is 0 Å². The molecule has 1 fully saturated rings. The number of benzene rings is 1. The lowest BCUT2D eigenvalue weighted by atomic mass is 9.75. The molecule has 138 valence electrons. The van der Waals surface area contributed by atoms with Crippen LogP contribution in [0.4, 0.5) is 0 Å². The van der Waals surface area contributed by atoms with Crippen LogP contribution in [0, 0.1) is 5.92 Å². The van der Waals surface area contributed by atoms with E-state index in [-0.39, 0.29) is 23.8 Å². The van der Waals surface area contributed by atoms with E-state index < -0.39 is 5.66 Å². The minimum Gasteiger partial charge on any atom is -0.347 e. The van der Waals surface area contributed by atoms with Crippen LogP contribution >= 0.6 is 0 Å². The summed E-state index contributed by atoms with van der Waals surface area (Å²) < 4.78 is 0. The van der Waals surface area contributed by atoms with Gasteiger partial charge >= 0.3 is 0 Å². The van der Waals surface area contributed by atoms with Crippen molar-refractivity contribution in [3.8, 4) is 0 Å². The molecule has 3 heterocycles. The lowest BCUT2D eigenvalue weighted by Crippen LogP contribution is -2.66. The van der Waals surface area contributed by atoms with Gasteiger partial charge in [-0.15, -0.1) is 0 Å². The van der Waals surface area contributed by atoms with E-state index in [0.29, 0.717) is 17.5 Å². The Morgan fingerprint density at radius 3 is 2.63 bits per heavy atom. The molecule has 1 saturated carbocycles. The standard InChI is InChI=1S/C19H20N6O2/c20-24-11-21-9-16-19(24,23-10-22-16)12-4-3-5-13(8-12)25-17(26)14-6-1-2-7-15(14)18(25)27/h1-2,6-7,9-13H,3-5,8,20H2,(H,22,23). The fourth-order valence-electron chi connectivity index (χ4n) is 4.83. The number of fused-ring (bicyclic) bond motifs is 2. The summed E-state index contributed by atoms with van der Waals surface area (Å²) >= 11 is 0. The molecule has 3 atom stereocenters. The van der Waals surface area contributed by atoms with E-state index in [2.05, 4.69) is 15.3 Å². The number of nitrogens with two attached hydrogens (primary N) is 1. The highest BCUT2D eigenvalue weighted by Crippen LogP contribution is 2.43. The van der Waals surface area contributed by atoms with Crippen molar-refractivity contribution in [2.75, 3.05) is 0 Å². The quantitative estimate of drug-likeness (QED) is 0.607. The predicted octanol–water partition coefficient (Wildman–Crippen LogP) is 1.23. The van der Waals surface area contributed by atoms with Crippen LogP contribution in [0.5, 0.6) is 0 Å². The van der Waals surface area contributed by atoms with Crippen molar-refractivity contribution in [1.82, 2.24) is 15.2 Å². The highest BCUT2D eigenvalue weighted by molar-refractivity contribution is 6.21. The average Bonchev–Trinajstić information content (AvgIpc) is 3.24. The summed E-state index contributed by atoms with van der Waals surface area (Å²) in [5, 5.41) is 4.86. The molecule has 4 aliphatic rings. The van der Waals surface area contributed by atoms with Crippen molar-refractivity contribution in [3.05, 3.63) is 47.3 Å². The van der Waals surface area contributed by atoms with Crippen molar-refractivity contribution in [3.63, 3.8) is 0 Å². The van der Waals surface area contributed by atoms with E-state index >= 15 is 0 Å². The topological polar surface area (TPSA) is 103 Å². The Morgan fingerprint density at radius 2 is 1.89 bits per heavy atom. The maximum absolute atomic E-state index is 12.9. The van der Waals surface area contributed by atoms with Crippen LogP contribution in [0.2, 0.25) is 0 Å². The Morgan fingerprint density at radius 1 is 1.15 bits per heavy atom. The number of hydrogen-bond acceptors (Lipinski definition) is 7. The molecule has 0 bridgehead atoms. The minimum absolute atomic E-state index is 0.0889. The van der Waals surface area contributed by atoms with Gasteiger partial charge in [0.05, 0.1) is 23.7 Å². The SMILES string of the molecule is NN1C=NC=C2N=CNC21C1CCCC(N2C(=O)c3ccccc3C2=O)C1. The molecule has 3 aliphatic heterocycles. The minimum atomic E-state index is -0.668. The number of carbonyl (C=O) groups is 2. The fraction of sp³-hybridized carbons (Fsp3) is 0.368. The van der Waals surface area contributed by atoms with E-state index in [9.17, 15) is 9.59 Å². The van der Waals surface area contributed by atoms with Crippen LogP contribution in [0.1, 0.15) is 46.4 Å². The maximum atomic E-state index is 12.9. The smallest absolute Gasteiger partial charge is 0.261 e. The van der Waals surface area contributed by atoms with Crippen molar-refractivity contribution in [2.45, 2.75) is 37.4 Å². The van der Waals surface area contributed by atoms with Gasteiger partial charge in [0, 0.05) is 12.0 Å². The Kier molecular flexibility index (Phi) is 3.45. The van der Waals surface area contributed by atoms with Crippen molar-refractivity contribution >= 4 is 24.5 Å². The molecule has 8 heteroatoms. The van der Waals surface area contributed by atoms with Gasteiger partial charge in [0.2, 0.25) is 0 Å². The molecule has 1 aliphatic carbocycles. The number of aliphatic imine (C=N–C) groups is 2. The van der Waals surface area contributed by atoms with Gasteiger partial charge in [0.15, 0.2) is 5.66 Å². The van der Waals surface area contributed by atoms with E-state index in [1.165, 1.54) is 4.90 Å². The predicted molar refractivity (Wildman–Crippen MR) is 99.6 cm³/mol. The first kappa shape index (κ1) is 16.2. The second-order valence-corrected chi connectivity index (χ2v) is 7.40. The molecular formula is C19H20N6O2. The lowest BCUT2D eigenvalue weighted by Gasteiger charge is -2.47. The van der Waals surface area contributed by atoms with Crippen LogP contribution in [0.15, 0.2) is 46.1 Å². The third-order valence-electron chi connectivity index (χ3n) is 6.10. The summed E-state index contributed by atoms with van der Waals surface area (Å²) in [4.78, 5) is 35.7. The second kappa shape index (κ2) is 5.75. The number of imide groups is 1. The number of carbonyl (C=O) groups excluding carboxylic acids is 2. The lowest BCUT2D eigenvalue weighted by molar-refractivity contribution is 0.0373. The fourth-order valence-corrected chi connectivity index (χ4v) is 4.83. The monoisotopic (exact) mass is 364 g/mol. The molecular weight excluding hydrogens is 344 g/mol. The second-order valence-electron chi connectivity index (χ2n) is 7.40. The first-order valence-electron chi connectivity index (χ1n) is 9.18. The summed E-state index contributed by atoms with van der Waals surface area (Å²) in [5.74, 6) is 5.96. The van der Waals surface area contributed by atoms with Gasteiger partial charge in [-0.2, -0.15) is 0 Å². The first-order valence-corrected chi connectivity index (χ1v) is 9.18. The third-order valence-corrected chi connectivity index (χ3v) is 6.10. The van der Waals surface area contributed by atoms with Crippen molar-refractivity contribution in [1.29, 1.82) is 0 Å². The summed E-state index contributed by atoms with van der Waals surface area (Å²) in [6.07, 6.45) is 8.24. The summed E-state index contributed by atoms with van der Waals surface area (Å²) in [7, 11) is 0. The molecule has 1 aromatic rings. The van der Waals surface area contributed by atoms with Crippen LogP contribution < -0.4 is 11.2 Å². The maximum Gasteiger partial charge on any atom is 0.261 e. The molecule has 0 spiro atoms. The van der Waals surface area contributed by atoms with Gasteiger partial charge in [0.25, 0.3) is 11.8 Å². The molecule has 1 aromatic carbocycles. The molecule has 3 N–H and O–H groups in total. The molecule has 2 amide bonds. The Bertz CT molecular complexity index is 888. The zero-order chi connectivity index (χ0) is 18.6. The number of rotatable bonds is 2. The molecule has 0 saturated heterocycles. The Hall–Kier alpha value is -3.00. The van der Waals surface area contributed by atoms with Crippen LogP contribution in [0.3, 0.4) is 0 Å². The normalized spacial score (nSPS) is 31.7.